The number of anilines is 1. The highest BCUT2D eigenvalue weighted by molar-refractivity contribution is 5.95. The Hall–Kier alpha value is -2.65. The molecule has 122 valence electrons. The van der Waals surface area contributed by atoms with Gasteiger partial charge in [-0.05, 0) is 24.8 Å². The van der Waals surface area contributed by atoms with Crippen LogP contribution in [0, 0.1) is 0 Å². The zero-order valence-corrected chi connectivity index (χ0v) is 11.9. The zero-order valence-electron chi connectivity index (χ0n) is 11.9. The molecule has 0 saturated heterocycles. The van der Waals surface area contributed by atoms with Gasteiger partial charge in [0.25, 0.3) is 5.91 Å². The van der Waals surface area contributed by atoms with Crippen LogP contribution in [0.25, 0.3) is 0 Å². The van der Waals surface area contributed by atoms with Crippen molar-refractivity contribution >= 4 is 11.9 Å². The quantitative estimate of drug-likeness (QED) is 0.785. The number of aromatic nitrogens is 4. The predicted octanol–water partition coefficient (Wildman–Crippen LogP) is 1.22. The van der Waals surface area contributed by atoms with E-state index < -0.39 is 29.3 Å². The second kappa shape index (κ2) is 5.52. The van der Waals surface area contributed by atoms with Gasteiger partial charge in [0.15, 0.2) is 5.69 Å². The number of fused-ring (bicyclic) bond motifs is 1. The van der Waals surface area contributed by atoms with Crippen molar-refractivity contribution < 1.29 is 18.0 Å². The lowest BCUT2D eigenvalue weighted by molar-refractivity contribution is -0.141. The largest absolute Gasteiger partial charge is 0.434 e. The maximum atomic E-state index is 12.9. The number of hydrogen-bond donors (Lipinski definition) is 3. The highest BCUT2D eigenvalue weighted by atomic mass is 19.4. The first kappa shape index (κ1) is 15.3. The maximum absolute atomic E-state index is 12.9. The van der Waals surface area contributed by atoms with Crippen LogP contribution >= 0.6 is 0 Å². The molecule has 0 radical (unpaired) electrons. The Labute approximate surface area is 128 Å². The van der Waals surface area contributed by atoms with Crippen LogP contribution < -0.4 is 11.1 Å². The zero-order chi connectivity index (χ0) is 16.6. The van der Waals surface area contributed by atoms with Crippen molar-refractivity contribution in [3.63, 3.8) is 0 Å². The molecule has 2 heterocycles. The summed E-state index contributed by atoms with van der Waals surface area (Å²) < 4.78 is 38.8. The minimum absolute atomic E-state index is 0.0341. The summed E-state index contributed by atoms with van der Waals surface area (Å²) in [5.41, 5.74) is 5.82. The van der Waals surface area contributed by atoms with Crippen molar-refractivity contribution in [2.75, 3.05) is 5.73 Å². The van der Waals surface area contributed by atoms with E-state index in [0.717, 1.165) is 36.7 Å². The van der Waals surface area contributed by atoms with Gasteiger partial charge < -0.3 is 11.1 Å². The third-order valence-electron chi connectivity index (χ3n) is 3.63. The number of rotatable bonds is 3. The second-order valence-corrected chi connectivity index (χ2v) is 5.15. The summed E-state index contributed by atoms with van der Waals surface area (Å²) in [6.45, 7) is 0.0341. The summed E-state index contributed by atoms with van der Waals surface area (Å²) >= 11 is 0. The minimum atomic E-state index is -4.79. The van der Waals surface area contributed by atoms with Crippen molar-refractivity contribution in [2.45, 2.75) is 32.0 Å². The Bertz CT molecular complexity index is 755. The van der Waals surface area contributed by atoms with Gasteiger partial charge in [-0.2, -0.15) is 18.3 Å². The number of aryl methyl sites for hydroxylation is 1. The molecule has 7 nitrogen and oxygen atoms in total. The van der Waals surface area contributed by atoms with Crippen molar-refractivity contribution in [1.29, 1.82) is 0 Å². The van der Waals surface area contributed by atoms with Crippen molar-refractivity contribution in [3.8, 4) is 0 Å². The average molecular weight is 326 g/mol. The van der Waals surface area contributed by atoms with Gasteiger partial charge in [0.1, 0.15) is 0 Å². The fourth-order valence-corrected chi connectivity index (χ4v) is 2.57. The van der Waals surface area contributed by atoms with Crippen molar-refractivity contribution in [3.05, 3.63) is 34.4 Å². The number of aromatic amines is 1. The lowest BCUT2D eigenvalue weighted by atomic mass is 10.2. The van der Waals surface area contributed by atoms with Gasteiger partial charge in [0.2, 0.25) is 5.95 Å². The van der Waals surface area contributed by atoms with Gasteiger partial charge in [0, 0.05) is 11.9 Å². The first-order chi connectivity index (χ1) is 10.9. The molecular weight excluding hydrogens is 313 g/mol. The predicted molar refractivity (Wildman–Crippen MR) is 73.2 cm³/mol. The van der Waals surface area contributed by atoms with Gasteiger partial charge in [-0.25, -0.2) is 9.97 Å². The maximum Gasteiger partial charge on any atom is 0.434 e. The normalized spacial score (nSPS) is 13.9. The standard InChI is InChI=1S/C13H13F3N6O/c14-13(15,16)10-7(4-19-12(17)20-10)11(23)18-5-9-6-2-1-3-8(6)21-22-9/h4H,1-3,5H2,(H,18,23)(H,21,22)(H2,17,19,20). The van der Waals surface area contributed by atoms with Gasteiger partial charge in [-0.1, -0.05) is 0 Å². The van der Waals surface area contributed by atoms with Crippen molar-refractivity contribution in [1.82, 2.24) is 25.5 Å². The first-order valence-electron chi connectivity index (χ1n) is 6.89. The third-order valence-corrected chi connectivity index (χ3v) is 3.63. The van der Waals surface area contributed by atoms with Crippen LogP contribution in [0.15, 0.2) is 6.20 Å². The first-order valence-corrected chi connectivity index (χ1v) is 6.89. The Balaban J connectivity index is 1.78. The molecule has 1 aliphatic rings. The lowest BCUT2D eigenvalue weighted by Gasteiger charge is -2.11. The molecule has 0 atom stereocenters. The Morgan fingerprint density at radius 2 is 2.17 bits per heavy atom. The van der Waals surface area contributed by atoms with Crippen LogP contribution in [0.1, 0.15) is 39.4 Å². The van der Waals surface area contributed by atoms with Crippen LogP contribution in [0.3, 0.4) is 0 Å². The van der Waals surface area contributed by atoms with E-state index in [1.54, 1.807) is 0 Å². The van der Waals surface area contributed by atoms with Gasteiger partial charge in [-0.3, -0.25) is 9.89 Å². The molecule has 23 heavy (non-hydrogen) atoms. The summed E-state index contributed by atoms with van der Waals surface area (Å²) in [7, 11) is 0. The number of hydrogen-bond acceptors (Lipinski definition) is 5. The summed E-state index contributed by atoms with van der Waals surface area (Å²) in [5, 5.41) is 9.37. The van der Waals surface area contributed by atoms with Crippen LogP contribution in [0.2, 0.25) is 0 Å². The van der Waals surface area contributed by atoms with E-state index in [1.807, 2.05) is 0 Å². The number of halogens is 3. The molecule has 1 aliphatic carbocycles. The molecule has 3 rings (SSSR count). The molecule has 0 aliphatic heterocycles. The molecule has 0 bridgehead atoms. The molecule has 4 N–H and O–H groups in total. The van der Waals surface area contributed by atoms with E-state index in [0.29, 0.717) is 5.69 Å². The van der Waals surface area contributed by atoms with E-state index in [1.165, 1.54) is 0 Å². The molecule has 2 aromatic rings. The number of nitrogen functional groups attached to an aromatic ring is 1. The number of nitrogens with two attached hydrogens (primary N) is 1. The summed E-state index contributed by atoms with van der Waals surface area (Å²) in [4.78, 5) is 18.6. The van der Waals surface area contributed by atoms with Crippen LogP contribution in [0.4, 0.5) is 19.1 Å². The number of nitrogens with one attached hydrogen (secondary N) is 2. The number of carbonyl (C=O) groups excluding carboxylic acids is 1. The van der Waals surface area contributed by atoms with Gasteiger partial charge >= 0.3 is 6.18 Å². The van der Waals surface area contributed by atoms with Crippen molar-refractivity contribution in [2.24, 2.45) is 0 Å². The fraction of sp³-hybridized carbons (Fsp3) is 0.385. The SMILES string of the molecule is Nc1ncc(C(=O)NCc2n[nH]c3c2CCC3)c(C(F)(F)F)n1. The third kappa shape index (κ3) is 2.96. The molecule has 0 spiro atoms. The molecule has 0 saturated carbocycles. The number of alkyl halides is 3. The minimum Gasteiger partial charge on any atom is -0.368 e. The molecule has 10 heteroatoms. The van der Waals surface area contributed by atoms with Crippen LogP contribution in [-0.4, -0.2) is 26.1 Å². The number of H-pyrrole nitrogens is 1. The number of carbonyl (C=O) groups is 1. The summed E-state index contributed by atoms with van der Waals surface area (Å²) in [5.74, 6) is -1.47. The summed E-state index contributed by atoms with van der Waals surface area (Å²) in [6, 6.07) is 0. The smallest absolute Gasteiger partial charge is 0.368 e. The molecule has 0 unspecified atom stereocenters. The molecular formula is C13H13F3N6O. The van der Waals surface area contributed by atoms with E-state index >= 15 is 0 Å². The van der Waals surface area contributed by atoms with E-state index in [-0.39, 0.29) is 6.54 Å². The Morgan fingerprint density at radius 3 is 2.91 bits per heavy atom. The lowest BCUT2D eigenvalue weighted by Crippen LogP contribution is -2.27. The number of nitrogens with zero attached hydrogens (tertiary/aromatic N) is 3. The molecule has 2 aromatic heterocycles. The van der Waals surface area contributed by atoms with Gasteiger partial charge in [0.05, 0.1) is 17.8 Å². The molecule has 0 aromatic carbocycles. The Kier molecular flexibility index (Phi) is 3.66. The fourth-order valence-electron chi connectivity index (χ4n) is 2.57. The molecule has 1 amide bonds. The second-order valence-electron chi connectivity index (χ2n) is 5.15. The molecule has 0 fully saturated rings. The monoisotopic (exact) mass is 326 g/mol. The van der Waals surface area contributed by atoms with E-state index in [2.05, 4.69) is 25.5 Å². The van der Waals surface area contributed by atoms with E-state index in [4.69, 9.17) is 5.73 Å². The highest BCUT2D eigenvalue weighted by Gasteiger charge is 2.38. The van der Waals surface area contributed by atoms with Gasteiger partial charge in [-0.15, -0.1) is 0 Å². The summed E-state index contributed by atoms with van der Waals surface area (Å²) in [6.07, 6.45) is -1.29. The Morgan fingerprint density at radius 1 is 1.39 bits per heavy atom. The average Bonchev–Trinajstić information content (AvgIpc) is 3.07. The highest BCUT2D eigenvalue weighted by Crippen LogP contribution is 2.30. The topological polar surface area (TPSA) is 110 Å². The number of amides is 1. The van der Waals surface area contributed by atoms with Crippen LogP contribution in [0.5, 0.6) is 0 Å². The van der Waals surface area contributed by atoms with E-state index in [9.17, 15) is 18.0 Å². The van der Waals surface area contributed by atoms with Crippen LogP contribution in [-0.2, 0) is 25.6 Å².